The number of hydrogen-bond donors (Lipinski definition) is 4. The molecule has 4 aromatic carbocycles. The van der Waals surface area contributed by atoms with Gasteiger partial charge in [-0.1, -0.05) is 35.3 Å². The Kier molecular flexibility index (Phi) is 20.4. The number of pyridine rings is 2. The molecule has 3 aliphatic rings. The number of rotatable bonds is 12. The molecule has 18 nitrogen and oxygen atoms in total. The van der Waals surface area contributed by atoms with Crippen LogP contribution in [0, 0.1) is 23.3 Å². The molecule has 6 N–H and O–H groups in total. The van der Waals surface area contributed by atoms with E-state index in [1.54, 1.807) is 67.0 Å². The highest BCUT2D eigenvalue weighted by Crippen LogP contribution is 2.38. The van der Waals surface area contributed by atoms with E-state index in [1.165, 1.54) is 52.3 Å². The van der Waals surface area contributed by atoms with Crippen LogP contribution < -0.4 is 27.6 Å². The first-order valence-corrected chi connectivity index (χ1v) is 29.0. The molecule has 0 saturated carbocycles. The van der Waals surface area contributed by atoms with Crippen molar-refractivity contribution >= 4 is 121 Å². The molecule has 0 aliphatic carbocycles. The van der Waals surface area contributed by atoms with E-state index in [-0.39, 0.29) is 51.1 Å². The maximum absolute atomic E-state index is 15.1. The van der Waals surface area contributed by atoms with Gasteiger partial charge in [-0.25, -0.2) is 27.5 Å². The largest absolute Gasteiger partial charge is 0.494 e. The van der Waals surface area contributed by atoms with Crippen molar-refractivity contribution in [3.8, 4) is 11.1 Å². The first-order chi connectivity index (χ1) is 41.9. The molecule has 0 bridgehead atoms. The number of halogens is 7. The Hall–Kier alpha value is -8.10. The molecule has 26 heteroatoms. The number of carbonyl (C=O) groups is 4. The Morgan fingerprint density at radius 1 is 0.614 bits per heavy atom. The second-order valence-corrected chi connectivity index (χ2v) is 22.9. The van der Waals surface area contributed by atoms with Crippen LogP contribution in [-0.2, 0) is 41.5 Å². The second kappa shape index (κ2) is 27.9. The predicted molar refractivity (Wildman–Crippen MR) is 330 cm³/mol. The Morgan fingerprint density at radius 2 is 1.07 bits per heavy atom. The Balaban J connectivity index is 0.000000169. The van der Waals surface area contributed by atoms with Gasteiger partial charge in [-0.05, 0) is 151 Å². The van der Waals surface area contributed by atoms with Gasteiger partial charge in [0.1, 0.15) is 23.2 Å². The molecule has 0 spiro atoms. The number of ether oxygens (including phenoxy) is 2. The van der Waals surface area contributed by atoms with Gasteiger partial charge in [0.15, 0.2) is 34.4 Å². The summed E-state index contributed by atoms with van der Waals surface area (Å²) in [5.74, 6) is -4.42. The van der Waals surface area contributed by atoms with Crippen molar-refractivity contribution in [2.45, 2.75) is 52.0 Å². The highest BCUT2D eigenvalue weighted by Gasteiger charge is 2.52. The van der Waals surface area contributed by atoms with Gasteiger partial charge < -0.3 is 59.5 Å². The number of nitrogen functional groups attached to an aromatic ring is 2. The number of furan rings is 2. The molecule has 4 aromatic heterocycles. The topological polar surface area (TPSA) is 240 Å². The standard InChI is InChI=1S/C28H23ClF2N4O4.C23H25BClN3O4.C11H10BrF2NO2/c29-22-13-17(20-3-4-21(26(31)25(20)30)28(37)35-7-9-38-10-8-35)11-18-12-19(39-27(18)22)15-34-24(36)6-2-16-1-5-23(32)33-14-16;1-22(2)23(3,4)32-24(31-22)16-9-15-10-17(30-21(15)18(25)11-16)13-28-20(29)8-6-14-5-7-19(26)27-12-14;12-8-2-1-7(9(13)10(8)14)11(16)15-3-5-17-6-4-15/h1-6,11-14H,7-10,15H2,(H2,32,33)(H,34,36);5-12H,13H2,1-4H3,(H2,26,27)(H,28,29);1-2H,3-6H2/b6-2+;8-6+;. The molecule has 3 aliphatic heterocycles. The summed E-state index contributed by atoms with van der Waals surface area (Å²) in [6.07, 6.45) is 9.18. The smallest absolute Gasteiger partial charge is 0.458 e. The summed E-state index contributed by atoms with van der Waals surface area (Å²) in [4.78, 5) is 59.8. The molecule has 458 valence electrons. The number of nitrogens with zero attached hydrogens (tertiary/aromatic N) is 4. The molecular weight excluding hydrogens is 1250 g/mol. The lowest BCUT2D eigenvalue weighted by Gasteiger charge is -2.32. The maximum Gasteiger partial charge on any atom is 0.494 e. The van der Waals surface area contributed by atoms with Crippen LogP contribution in [-0.4, -0.2) is 114 Å². The first kappa shape index (κ1) is 64.4. The van der Waals surface area contributed by atoms with Gasteiger partial charge in [-0.3, -0.25) is 19.2 Å². The van der Waals surface area contributed by atoms with E-state index >= 15 is 4.39 Å². The van der Waals surface area contributed by atoms with E-state index in [9.17, 15) is 32.3 Å². The normalized spacial score (nSPS) is 15.5. The van der Waals surface area contributed by atoms with Gasteiger partial charge in [0.2, 0.25) is 11.8 Å². The molecule has 0 unspecified atom stereocenters. The lowest BCUT2D eigenvalue weighted by molar-refractivity contribution is -0.117. The average molecular weight is 1310 g/mol. The lowest BCUT2D eigenvalue weighted by atomic mass is 9.78. The van der Waals surface area contributed by atoms with Crippen molar-refractivity contribution in [2.75, 3.05) is 64.1 Å². The molecule has 7 heterocycles. The van der Waals surface area contributed by atoms with Crippen molar-refractivity contribution in [3.05, 3.63) is 181 Å². The molecule has 3 saturated heterocycles. The number of nitrogens with one attached hydrogen (secondary N) is 2. The molecule has 11 rings (SSSR count). The van der Waals surface area contributed by atoms with Crippen molar-refractivity contribution < 1.29 is 64.4 Å². The highest BCUT2D eigenvalue weighted by atomic mass is 79.9. The summed E-state index contributed by atoms with van der Waals surface area (Å²) >= 11 is 15.7. The van der Waals surface area contributed by atoms with Gasteiger partial charge in [-0.15, -0.1) is 0 Å². The number of hydrogen-bond acceptors (Lipinski definition) is 14. The minimum Gasteiger partial charge on any atom is -0.458 e. The fourth-order valence-electron chi connectivity index (χ4n) is 9.14. The Bertz CT molecular complexity index is 3960. The number of fused-ring (bicyclic) bond motifs is 2. The number of carbonyl (C=O) groups excluding carboxylic acids is 4. The van der Waals surface area contributed by atoms with Crippen LogP contribution in [0.4, 0.5) is 29.2 Å². The molecule has 4 amide bonds. The second-order valence-electron chi connectivity index (χ2n) is 21.3. The van der Waals surface area contributed by atoms with Crippen LogP contribution in [0.2, 0.25) is 10.0 Å². The Morgan fingerprint density at radius 3 is 1.55 bits per heavy atom. The van der Waals surface area contributed by atoms with Gasteiger partial charge >= 0.3 is 7.12 Å². The first-order valence-electron chi connectivity index (χ1n) is 27.5. The summed E-state index contributed by atoms with van der Waals surface area (Å²) in [5.41, 5.74) is 13.1. The summed E-state index contributed by atoms with van der Waals surface area (Å²) < 4.78 is 91.2. The fourth-order valence-corrected chi connectivity index (χ4v) is 9.98. The van der Waals surface area contributed by atoms with E-state index < -0.39 is 53.4 Å². The van der Waals surface area contributed by atoms with E-state index in [0.29, 0.717) is 108 Å². The van der Waals surface area contributed by atoms with Crippen molar-refractivity contribution in [1.82, 2.24) is 30.4 Å². The molecule has 88 heavy (non-hydrogen) atoms. The molecule has 0 radical (unpaired) electrons. The summed E-state index contributed by atoms with van der Waals surface area (Å²) in [6, 6.07) is 22.3. The number of anilines is 2. The van der Waals surface area contributed by atoms with Gasteiger partial charge in [-0.2, -0.15) is 0 Å². The molecular formula is C62H58BBrCl2F4N8O10. The number of nitrogens with two attached hydrogens (primary N) is 2. The molecule has 0 atom stereocenters. The van der Waals surface area contributed by atoms with E-state index in [1.807, 2.05) is 39.8 Å². The van der Waals surface area contributed by atoms with Crippen LogP contribution in [0.15, 0.2) is 123 Å². The van der Waals surface area contributed by atoms with Gasteiger partial charge in [0.25, 0.3) is 11.8 Å². The van der Waals surface area contributed by atoms with Crippen molar-refractivity contribution in [3.63, 3.8) is 0 Å². The minimum absolute atomic E-state index is 0.00790. The third kappa shape index (κ3) is 15.4. The number of aromatic nitrogens is 2. The van der Waals surface area contributed by atoms with Crippen LogP contribution in [0.25, 0.3) is 45.2 Å². The monoisotopic (exact) mass is 1310 g/mol. The van der Waals surface area contributed by atoms with Gasteiger partial charge in [0, 0.05) is 67.1 Å². The van der Waals surface area contributed by atoms with Crippen LogP contribution in [0.1, 0.15) is 71.1 Å². The highest BCUT2D eigenvalue weighted by molar-refractivity contribution is 9.10. The zero-order valence-electron chi connectivity index (χ0n) is 47.9. The van der Waals surface area contributed by atoms with Crippen molar-refractivity contribution in [2.24, 2.45) is 0 Å². The van der Waals surface area contributed by atoms with Crippen molar-refractivity contribution in [1.29, 1.82) is 0 Å². The number of benzene rings is 4. The number of morpholine rings is 2. The van der Waals surface area contributed by atoms with E-state index in [2.05, 4.69) is 36.5 Å². The Labute approximate surface area is 521 Å². The zero-order chi connectivity index (χ0) is 63.0. The van der Waals surface area contributed by atoms with Crippen LogP contribution >= 0.6 is 39.1 Å². The minimum atomic E-state index is -1.22. The predicted octanol–water partition coefficient (Wildman–Crippen LogP) is 10.7. The zero-order valence-corrected chi connectivity index (χ0v) is 51.0. The lowest BCUT2D eigenvalue weighted by Crippen LogP contribution is -2.41. The number of amides is 4. The van der Waals surface area contributed by atoms with Gasteiger partial charge in [0.05, 0.1) is 76.4 Å². The summed E-state index contributed by atoms with van der Waals surface area (Å²) in [5, 5.41) is 7.50. The average Bonchev–Trinajstić information content (AvgIpc) is 1.70. The summed E-state index contributed by atoms with van der Waals surface area (Å²) in [6.45, 7) is 11.3. The quantitative estimate of drug-likeness (QED) is 0.0385. The van der Waals surface area contributed by atoms with E-state index in [0.717, 1.165) is 16.4 Å². The molecule has 3 fully saturated rings. The van der Waals surface area contributed by atoms with E-state index in [4.69, 9.17) is 62.3 Å². The summed E-state index contributed by atoms with van der Waals surface area (Å²) in [7, 11) is -0.520. The fraction of sp³-hybridized carbons (Fsp3) is 0.258. The maximum atomic E-state index is 15.1. The van der Waals surface area contributed by atoms with Crippen LogP contribution in [0.5, 0.6) is 0 Å². The third-order valence-electron chi connectivity index (χ3n) is 14.6. The van der Waals surface area contributed by atoms with Crippen LogP contribution in [0.3, 0.4) is 0 Å². The SMILES string of the molecule is CC1(C)OB(c2cc(Cl)c3oc(CNC(=O)/C=C/c4ccc(N)nc4)cc3c2)OC1(C)C.Nc1ccc(/C=C/C(=O)NCc2cc3cc(-c4ccc(C(=O)N5CCOCC5)c(F)c4F)cc(Cl)c3o2)cn1.O=C(c1ccc(Br)c(F)c1F)N1CCOCC1. The third-order valence-corrected chi connectivity index (χ3v) is 15.8. The molecule has 8 aromatic rings.